The number of para-hydroxylation sites is 1. The molecule has 156 valence electrons. The first-order valence-electron chi connectivity index (χ1n) is 9.64. The van der Waals surface area contributed by atoms with Gasteiger partial charge in [-0.25, -0.2) is 0 Å². The van der Waals surface area contributed by atoms with Gasteiger partial charge in [0.1, 0.15) is 5.75 Å². The maximum absolute atomic E-state index is 12.3. The Labute approximate surface area is 174 Å². The maximum atomic E-state index is 12.3. The van der Waals surface area contributed by atoms with Crippen LogP contribution in [0.1, 0.15) is 57.2 Å². The number of hydrogen-bond donors (Lipinski definition) is 3. The van der Waals surface area contributed by atoms with Crippen LogP contribution in [0.5, 0.6) is 5.75 Å². The van der Waals surface area contributed by atoms with Crippen molar-refractivity contribution < 1.29 is 19.1 Å². The maximum Gasteiger partial charge on any atom is 0.279 e. The molecule has 0 fully saturated rings. The molecule has 0 spiro atoms. The Morgan fingerprint density at radius 1 is 1.07 bits per heavy atom. The fourth-order valence-corrected chi connectivity index (χ4v) is 3.72. The third-order valence-corrected chi connectivity index (χ3v) is 5.56. The minimum atomic E-state index is -0.327. The first kappa shape index (κ1) is 22.4. The van der Waals surface area contributed by atoms with Gasteiger partial charge in [0.15, 0.2) is 0 Å². The normalized spacial score (nSPS) is 10.3. The van der Waals surface area contributed by atoms with Crippen LogP contribution >= 0.6 is 11.3 Å². The Kier molecular flexibility index (Phi) is 8.67. The van der Waals surface area contributed by atoms with Crippen LogP contribution < -0.4 is 20.9 Å². The molecule has 1 aromatic carbocycles. The van der Waals surface area contributed by atoms with Crippen molar-refractivity contribution in [2.45, 2.75) is 40.0 Å². The van der Waals surface area contributed by atoms with E-state index in [0.29, 0.717) is 35.8 Å². The van der Waals surface area contributed by atoms with Crippen molar-refractivity contribution in [3.63, 3.8) is 0 Å². The molecule has 2 rings (SSSR count). The van der Waals surface area contributed by atoms with Gasteiger partial charge in [-0.2, -0.15) is 0 Å². The summed E-state index contributed by atoms with van der Waals surface area (Å²) in [5.74, 6) is -0.358. The number of hydrogen-bond acceptors (Lipinski definition) is 5. The Balaban J connectivity index is 1.70. The summed E-state index contributed by atoms with van der Waals surface area (Å²) in [7, 11) is 0. The number of thiophene rings is 1. The lowest BCUT2D eigenvalue weighted by Gasteiger charge is -2.10. The summed E-state index contributed by atoms with van der Waals surface area (Å²) in [6, 6.07) is 8.83. The van der Waals surface area contributed by atoms with Crippen LogP contribution in [0.15, 0.2) is 30.3 Å². The van der Waals surface area contributed by atoms with E-state index in [1.54, 1.807) is 24.3 Å². The molecule has 7 nitrogen and oxygen atoms in total. The number of amides is 3. The van der Waals surface area contributed by atoms with Crippen molar-refractivity contribution in [1.82, 2.24) is 16.2 Å². The zero-order chi connectivity index (χ0) is 21.2. The SMILES string of the molecule is CCOc1ccccc1C(=O)NCCCC(=O)NNC(=O)c1cc(C)c(CC)s1. The Morgan fingerprint density at radius 2 is 1.83 bits per heavy atom. The van der Waals surface area contributed by atoms with Crippen LogP contribution in [-0.2, 0) is 11.2 Å². The van der Waals surface area contributed by atoms with Gasteiger partial charge >= 0.3 is 0 Å². The van der Waals surface area contributed by atoms with E-state index in [4.69, 9.17) is 4.74 Å². The second kappa shape index (κ2) is 11.2. The number of benzene rings is 1. The number of nitrogens with one attached hydrogen (secondary N) is 3. The van der Waals surface area contributed by atoms with E-state index < -0.39 is 0 Å². The second-order valence-electron chi connectivity index (χ2n) is 6.36. The molecule has 0 saturated heterocycles. The molecule has 0 aliphatic carbocycles. The Hall–Kier alpha value is -2.87. The van der Waals surface area contributed by atoms with E-state index in [0.717, 1.165) is 16.9 Å². The fourth-order valence-electron chi connectivity index (χ4n) is 2.71. The van der Waals surface area contributed by atoms with Crippen molar-refractivity contribution in [2.24, 2.45) is 0 Å². The lowest BCUT2D eigenvalue weighted by atomic mass is 10.2. The van der Waals surface area contributed by atoms with Crippen LogP contribution in [0.25, 0.3) is 0 Å². The van der Waals surface area contributed by atoms with Gasteiger partial charge in [-0.15, -0.1) is 11.3 Å². The highest BCUT2D eigenvalue weighted by Gasteiger charge is 2.13. The average Bonchev–Trinajstić information content (AvgIpc) is 3.10. The standard InChI is InChI=1S/C21H27N3O4S/c1-4-17-14(3)13-18(29-17)21(27)24-23-19(25)11-8-12-22-20(26)15-9-6-7-10-16(15)28-5-2/h6-7,9-10,13H,4-5,8,11-12H2,1-3H3,(H,22,26)(H,23,25)(H,24,27). The summed E-state index contributed by atoms with van der Waals surface area (Å²) in [5, 5.41) is 2.77. The predicted molar refractivity (Wildman–Crippen MR) is 113 cm³/mol. The number of aryl methyl sites for hydroxylation is 2. The first-order valence-corrected chi connectivity index (χ1v) is 10.5. The number of carbonyl (C=O) groups is 3. The molecule has 0 aliphatic heterocycles. The molecule has 0 aliphatic rings. The number of rotatable bonds is 9. The molecule has 2 aromatic rings. The van der Waals surface area contributed by atoms with Gasteiger partial charge in [0.05, 0.1) is 17.0 Å². The quantitative estimate of drug-likeness (QED) is 0.432. The average molecular weight is 418 g/mol. The van der Waals surface area contributed by atoms with Crippen LogP contribution in [0.4, 0.5) is 0 Å². The number of hydrazine groups is 1. The predicted octanol–water partition coefficient (Wildman–Crippen LogP) is 2.99. The molecule has 29 heavy (non-hydrogen) atoms. The summed E-state index contributed by atoms with van der Waals surface area (Å²) in [6.07, 6.45) is 1.50. The molecule has 0 saturated carbocycles. The summed E-state index contributed by atoms with van der Waals surface area (Å²) in [5.41, 5.74) is 6.38. The Bertz CT molecular complexity index is 863. The lowest BCUT2D eigenvalue weighted by molar-refractivity contribution is -0.121. The number of carbonyl (C=O) groups excluding carboxylic acids is 3. The molecule has 8 heteroatoms. The second-order valence-corrected chi connectivity index (χ2v) is 7.50. The zero-order valence-corrected chi connectivity index (χ0v) is 17.8. The number of ether oxygens (including phenoxy) is 1. The largest absolute Gasteiger partial charge is 0.493 e. The fraction of sp³-hybridized carbons (Fsp3) is 0.381. The van der Waals surface area contributed by atoms with Gasteiger partial charge in [0.2, 0.25) is 5.91 Å². The van der Waals surface area contributed by atoms with E-state index in [1.807, 2.05) is 26.8 Å². The topological polar surface area (TPSA) is 96.5 Å². The van der Waals surface area contributed by atoms with E-state index in [2.05, 4.69) is 16.2 Å². The third-order valence-electron chi connectivity index (χ3n) is 4.18. The van der Waals surface area contributed by atoms with Gasteiger partial charge in [-0.3, -0.25) is 25.2 Å². The molecule has 1 aromatic heterocycles. The molecule has 0 unspecified atom stereocenters. The smallest absolute Gasteiger partial charge is 0.279 e. The van der Waals surface area contributed by atoms with Crippen molar-refractivity contribution in [1.29, 1.82) is 0 Å². The lowest BCUT2D eigenvalue weighted by Crippen LogP contribution is -2.41. The highest BCUT2D eigenvalue weighted by Crippen LogP contribution is 2.22. The van der Waals surface area contributed by atoms with E-state index >= 15 is 0 Å². The highest BCUT2D eigenvalue weighted by atomic mass is 32.1. The molecule has 0 atom stereocenters. The van der Waals surface area contributed by atoms with E-state index in [-0.39, 0.29) is 24.1 Å². The molecule has 1 heterocycles. The first-order chi connectivity index (χ1) is 14.0. The minimum Gasteiger partial charge on any atom is -0.493 e. The molecule has 0 radical (unpaired) electrons. The van der Waals surface area contributed by atoms with Crippen molar-refractivity contribution >= 4 is 29.1 Å². The van der Waals surface area contributed by atoms with E-state index in [9.17, 15) is 14.4 Å². The summed E-state index contributed by atoms with van der Waals surface area (Å²) in [6.45, 7) is 6.67. The van der Waals surface area contributed by atoms with Crippen LogP contribution in [0.2, 0.25) is 0 Å². The van der Waals surface area contributed by atoms with E-state index in [1.165, 1.54) is 11.3 Å². The monoisotopic (exact) mass is 417 g/mol. The van der Waals surface area contributed by atoms with Gasteiger partial charge in [-0.05, 0) is 50.5 Å². The molecule has 0 bridgehead atoms. The van der Waals surface area contributed by atoms with Crippen molar-refractivity contribution in [3.05, 3.63) is 51.2 Å². The van der Waals surface area contributed by atoms with Crippen LogP contribution in [0.3, 0.4) is 0 Å². The summed E-state index contributed by atoms with van der Waals surface area (Å²) < 4.78 is 5.45. The van der Waals surface area contributed by atoms with Gasteiger partial charge in [-0.1, -0.05) is 19.1 Å². The van der Waals surface area contributed by atoms with Crippen molar-refractivity contribution in [2.75, 3.05) is 13.2 Å². The molecule has 3 N–H and O–H groups in total. The van der Waals surface area contributed by atoms with Crippen LogP contribution in [-0.4, -0.2) is 30.9 Å². The summed E-state index contributed by atoms with van der Waals surface area (Å²) >= 11 is 1.43. The zero-order valence-electron chi connectivity index (χ0n) is 17.0. The molecular weight excluding hydrogens is 390 g/mol. The summed E-state index contributed by atoms with van der Waals surface area (Å²) in [4.78, 5) is 38.0. The Morgan fingerprint density at radius 3 is 2.52 bits per heavy atom. The molecular formula is C21H27N3O4S. The van der Waals surface area contributed by atoms with Crippen molar-refractivity contribution in [3.8, 4) is 5.75 Å². The highest BCUT2D eigenvalue weighted by molar-refractivity contribution is 7.14. The molecule has 3 amide bonds. The van der Waals surface area contributed by atoms with Gasteiger partial charge < -0.3 is 10.1 Å². The minimum absolute atomic E-state index is 0.178. The van der Waals surface area contributed by atoms with Gasteiger partial charge in [0, 0.05) is 17.8 Å². The third kappa shape index (κ3) is 6.60. The van der Waals surface area contributed by atoms with Crippen LogP contribution in [0, 0.1) is 6.92 Å². The van der Waals surface area contributed by atoms with Gasteiger partial charge in [0.25, 0.3) is 11.8 Å².